The van der Waals surface area contributed by atoms with Gasteiger partial charge in [-0.3, -0.25) is 0 Å². The lowest BCUT2D eigenvalue weighted by Crippen LogP contribution is -2.49. The molecule has 5 heteroatoms. The minimum absolute atomic E-state index is 0.304. The Bertz CT molecular complexity index is 448. The normalized spacial score (nSPS) is 17.1. The molecule has 3 nitrogen and oxygen atoms in total. The molecule has 0 aliphatic heterocycles. The number of pyridine rings is 1. The predicted molar refractivity (Wildman–Crippen MR) is 82.7 cm³/mol. The van der Waals surface area contributed by atoms with Gasteiger partial charge in [0.1, 0.15) is 9.90 Å². The van der Waals surface area contributed by atoms with Crippen molar-refractivity contribution in [1.29, 1.82) is 0 Å². The number of nitrogens with zero attached hydrogens (tertiary/aromatic N) is 1. The van der Waals surface area contributed by atoms with Gasteiger partial charge < -0.3 is 4.55 Å². The smallest absolute Gasteiger partial charge is 0.136 e. The number of hydrogen-bond donors (Lipinski definition) is 1. The van der Waals surface area contributed by atoms with Crippen LogP contribution < -0.4 is 4.72 Å². The second-order valence-corrected chi connectivity index (χ2v) is 8.34. The molecule has 0 spiro atoms. The molecular weight excluding hydrogens is 280 g/mol. The van der Waals surface area contributed by atoms with Gasteiger partial charge in [0.05, 0.1) is 5.54 Å². The standard InChI is InChI=1S/C14H23ClN2OS/c1-7-14(6,17-19(18)13(3,4)5)11-8-12(15)16-9-10(11)2/h8-9,17H,7H2,1-6H3/t14-,19?/m1/s1. The summed E-state index contributed by atoms with van der Waals surface area (Å²) in [6, 6.07) is 1.85. The van der Waals surface area contributed by atoms with E-state index < -0.39 is 11.4 Å². The van der Waals surface area contributed by atoms with Crippen molar-refractivity contribution in [1.82, 2.24) is 9.71 Å². The van der Waals surface area contributed by atoms with Crippen molar-refractivity contribution in [3.05, 3.63) is 28.5 Å². The number of halogens is 1. The molecule has 1 heterocycles. The zero-order valence-electron chi connectivity index (χ0n) is 12.5. The fourth-order valence-electron chi connectivity index (χ4n) is 1.77. The Morgan fingerprint density at radius 1 is 1.37 bits per heavy atom. The monoisotopic (exact) mass is 302 g/mol. The maximum Gasteiger partial charge on any atom is 0.136 e. The maximum absolute atomic E-state index is 12.4. The van der Waals surface area contributed by atoms with Crippen LogP contribution >= 0.6 is 11.6 Å². The summed E-state index contributed by atoms with van der Waals surface area (Å²) in [7, 11) is 0. The Hall–Kier alpha value is -0.290. The molecule has 0 saturated carbocycles. The van der Waals surface area contributed by atoms with Crippen molar-refractivity contribution in [3.8, 4) is 0 Å². The Kier molecular flexibility index (Phi) is 5.29. The second kappa shape index (κ2) is 6.00. The quantitative estimate of drug-likeness (QED) is 0.681. The van der Waals surface area contributed by atoms with Crippen LogP contribution in [-0.2, 0) is 16.9 Å². The number of rotatable bonds is 4. The highest BCUT2D eigenvalue weighted by Crippen LogP contribution is 2.31. The van der Waals surface area contributed by atoms with E-state index in [1.165, 1.54) is 0 Å². The van der Waals surface area contributed by atoms with Crippen LogP contribution in [0.1, 0.15) is 52.2 Å². The molecule has 1 aromatic heterocycles. The van der Waals surface area contributed by atoms with Crippen LogP contribution in [0, 0.1) is 6.92 Å². The number of aromatic nitrogens is 1. The van der Waals surface area contributed by atoms with E-state index in [2.05, 4.69) is 23.6 Å². The fraction of sp³-hybridized carbons (Fsp3) is 0.643. The van der Waals surface area contributed by atoms with Crippen molar-refractivity contribution in [2.24, 2.45) is 0 Å². The molecule has 1 N–H and O–H groups in total. The van der Waals surface area contributed by atoms with Crippen LogP contribution in [0.5, 0.6) is 0 Å². The van der Waals surface area contributed by atoms with Crippen LogP contribution in [0.3, 0.4) is 0 Å². The zero-order chi connectivity index (χ0) is 14.8. The highest BCUT2D eigenvalue weighted by atomic mass is 35.5. The van der Waals surface area contributed by atoms with Gasteiger partial charge in [0, 0.05) is 17.6 Å². The van der Waals surface area contributed by atoms with Crippen LogP contribution in [0.15, 0.2) is 12.3 Å². The SMILES string of the molecule is CC[C@@](C)(N[S+]([O-])C(C)(C)C)c1cc(Cl)ncc1C. The lowest BCUT2D eigenvalue weighted by molar-refractivity contribution is 0.406. The van der Waals surface area contributed by atoms with Crippen molar-refractivity contribution >= 4 is 23.0 Å². The summed E-state index contributed by atoms with van der Waals surface area (Å²) in [6.07, 6.45) is 2.57. The van der Waals surface area contributed by atoms with Gasteiger partial charge in [0.25, 0.3) is 0 Å². The Labute approximate surface area is 124 Å². The third-order valence-electron chi connectivity index (χ3n) is 3.25. The van der Waals surface area contributed by atoms with Crippen molar-refractivity contribution in [2.45, 2.75) is 58.2 Å². The van der Waals surface area contributed by atoms with Crippen molar-refractivity contribution in [3.63, 3.8) is 0 Å². The first-order valence-electron chi connectivity index (χ1n) is 6.42. The van der Waals surface area contributed by atoms with E-state index in [0.29, 0.717) is 5.15 Å². The van der Waals surface area contributed by atoms with Gasteiger partial charge in [-0.1, -0.05) is 18.5 Å². The lowest BCUT2D eigenvalue weighted by Gasteiger charge is -2.35. The van der Waals surface area contributed by atoms with E-state index in [0.717, 1.165) is 17.5 Å². The van der Waals surface area contributed by atoms with Crippen molar-refractivity contribution in [2.75, 3.05) is 0 Å². The molecule has 0 radical (unpaired) electrons. The highest BCUT2D eigenvalue weighted by Gasteiger charge is 2.36. The largest absolute Gasteiger partial charge is 0.598 e. The van der Waals surface area contributed by atoms with Gasteiger partial charge in [-0.05, 0) is 58.2 Å². The van der Waals surface area contributed by atoms with E-state index in [9.17, 15) is 4.55 Å². The summed E-state index contributed by atoms with van der Waals surface area (Å²) in [5.41, 5.74) is 1.72. The molecule has 0 aliphatic carbocycles. The molecule has 0 amide bonds. The lowest BCUT2D eigenvalue weighted by atomic mass is 9.88. The number of nitrogens with one attached hydrogen (secondary N) is 1. The minimum Gasteiger partial charge on any atom is -0.598 e. The summed E-state index contributed by atoms with van der Waals surface area (Å²) in [5.74, 6) is 0. The Morgan fingerprint density at radius 3 is 2.42 bits per heavy atom. The topological polar surface area (TPSA) is 48.0 Å². The van der Waals surface area contributed by atoms with Gasteiger partial charge in [-0.25, -0.2) is 4.98 Å². The van der Waals surface area contributed by atoms with Crippen LogP contribution in [0.25, 0.3) is 0 Å². The number of hydrogen-bond acceptors (Lipinski definition) is 3. The van der Waals surface area contributed by atoms with E-state index in [1.54, 1.807) is 6.20 Å². The minimum atomic E-state index is -1.14. The molecule has 1 unspecified atom stereocenters. The van der Waals surface area contributed by atoms with E-state index in [1.807, 2.05) is 33.8 Å². The molecule has 2 atom stereocenters. The molecule has 0 fully saturated rings. The number of aryl methyl sites for hydroxylation is 1. The third-order valence-corrected chi connectivity index (χ3v) is 5.20. The molecule has 19 heavy (non-hydrogen) atoms. The molecule has 1 rings (SSSR count). The van der Waals surface area contributed by atoms with E-state index in [-0.39, 0.29) is 10.3 Å². The summed E-state index contributed by atoms with van der Waals surface area (Å²) < 4.78 is 15.3. The fourth-order valence-corrected chi connectivity index (χ4v) is 2.90. The average Bonchev–Trinajstić information content (AvgIpc) is 2.30. The predicted octanol–water partition coefficient (Wildman–Crippen LogP) is 3.72. The van der Waals surface area contributed by atoms with Crippen LogP contribution in [-0.4, -0.2) is 14.3 Å². The first-order valence-corrected chi connectivity index (χ1v) is 7.95. The van der Waals surface area contributed by atoms with Crippen LogP contribution in [0.2, 0.25) is 5.15 Å². The Morgan fingerprint density at radius 2 is 1.95 bits per heavy atom. The molecule has 1 aromatic rings. The molecule has 0 saturated heterocycles. The zero-order valence-corrected chi connectivity index (χ0v) is 14.1. The molecule has 0 aromatic carbocycles. The maximum atomic E-state index is 12.4. The highest BCUT2D eigenvalue weighted by molar-refractivity contribution is 7.90. The molecular formula is C14H23ClN2OS. The summed E-state index contributed by atoms with van der Waals surface area (Å²) in [4.78, 5) is 4.08. The first kappa shape index (κ1) is 16.8. The van der Waals surface area contributed by atoms with E-state index >= 15 is 0 Å². The molecule has 0 bridgehead atoms. The average molecular weight is 303 g/mol. The summed E-state index contributed by atoms with van der Waals surface area (Å²) >= 11 is 4.86. The second-order valence-electron chi connectivity index (χ2n) is 5.99. The molecule has 108 valence electrons. The van der Waals surface area contributed by atoms with E-state index in [4.69, 9.17) is 11.6 Å². The van der Waals surface area contributed by atoms with Gasteiger partial charge >= 0.3 is 0 Å². The van der Waals surface area contributed by atoms with Crippen molar-refractivity contribution < 1.29 is 4.55 Å². The third kappa shape index (κ3) is 4.09. The van der Waals surface area contributed by atoms with Crippen LogP contribution in [0.4, 0.5) is 0 Å². The Balaban J connectivity index is 3.13. The van der Waals surface area contributed by atoms with Gasteiger partial charge in [-0.2, -0.15) is 0 Å². The van der Waals surface area contributed by atoms with Gasteiger partial charge in [0.2, 0.25) is 0 Å². The van der Waals surface area contributed by atoms with Gasteiger partial charge in [0.15, 0.2) is 0 Å². The first-order chi connectivity index (χ1) is 8.60. The summed E-state index contributed by atoms with van der Waals surface area (Å²) in [6.45, 7) is 12.0. The summed E-state index contributed by atoms with van der Waals surface area (Å²) in [5, 5.41) is 0.462. The van der Waals surface area contributed by atoms with Gasteiger partial charge in [-0.15, -0.1) is 4.72 Å². The molecule has 0 aliphatic rings.